The van der Waals surface area contributed by atoms with E-state index in [-0.39, 0.29) is 10.6 Å². The summed E-state index contributed by atoms with van der Waals surface area (Å²) in [7, 11) is 0. The average molecular weight is 416 g/mol. The number of benzene rings is 2. The van der Waals surface area contributed by atoms with Gasteiger partial charge in [0.15, 0.2) is 0 Å². The molecule has 7 heteroatoms. The van der Waals surface area contributed by atoms with Gasteiger partial charge in [-0.15, -0.1) is 11.3 Å². The van der Waals surface area contributed by atoms with Gasteiger partial charge >= 0.3 is 0 Å². The molecule has 0 radical (unpaired) electrons. The van der Waals surface area contributed by atoms with Gasteiger partial charge in [-0.1, -0.05) is 41.6 Å². The lowest BCUT2D eigenvalue weighted by Crippen LogP contribution is -2.32. The quantitative estimate of drug-likeness (QED) is 0.519. The maximum atomic E-state index is 14.3. The van der Waals surface area contributed by atoms with Crippen LogP contribution >= 0.6 is 34.7 Å². The molecule has 0 fully saturated rings. The zero-order chi connectivity index (χ0) is 19.0. The molecule has 1 aliphatic rings. The number of thiophene rings is 1. The smallest absolute Gasteiger partial charge is 0.268 e. The summed E-state index contributed by atoms with van der Waals surface area (Å²) in [6, 6.07) is 16.3. The Labute approximate surface area is 168 Å². The van der Waals surface area contributed by atoms with E-state index in [1.54, 1.807) is 42.5 Å². The van der Waals surface area contributed by atoms with Crippen molar-refractivity contribution in [3.05, 3.63) is 86.7 Å². The topological polar surface area (TPSA) is 37.4 Å². The minimum absolute atomic E-state index is 0.0479. The summed E-state index contributed by atoms with van der Waals surface area (Å²) in [6.45, 7) is 0. The third-order valence-electron chi connectivity index (χ3n) is 3.94. The largest absolute Gasteiger partial charge is 0.273 e. The second-order valence-corrected chi connectivity index (χ2v) is 8.10. The molecule has 2 amide bonds. The maximum Gasteiger partial charge on any atom is 0.273 e. The van der Waals surface area contributed by atoms with Crippen LogP contribution in [0.15, 0.2) is 75.8 Å². The zero-order valence-electron chi connectivity index (χ0n) is 13.7. The van der Waals surface area contributed by atoms with E-state index in [1.807, 2.05) is 5.38 Å². The number of halogens is 2. The molecule has 0 saturated heterocycles. The molecular weight excluding hydrogens is 405 g/mol. The molecule has 0 atom stereocenters. The van der Waals surface area contributed by atoms with E-state index < -0.39 is 17.6 Å². The fraction of sp³-hybridized carbons (Fsp3) is 0. The molecule has 2 heterocycles. The summed E-state index contributed by atoms with van der Waals surface area (Å²) in [5.74, 6) is -1.68. The van der Waals surface area contributed by atoms with Crippen LogP contribution in [0, 0.1) is 5.82 Å². The zero-order valence-corrected chi connectivity index (χ0v) is 16.1. The van der Waals surface area contributed by atoms with Gasteiger partial charge in [0.25, 0.3) is 11.8 Å². The van der Waals surface area contributed by atoms with Crippen molar-refractivity contribution in [2.75, 3.05) is 4.90 Å². The second-order valence-electron chi connectivity index (χ2n) is 5.63. The second kappa shape index (κ2) is 7.31. The predicted octanol–water partition coefficient (Wildman–Crippen LogP) is 5.62. The number of rotatable bonds is 4. The van der Waals surface area contributed by atoms with Crippen molar-refractivity contribution < 1.29 is 14.0 Å². The van der Waals surface area contributed by atoms with Crippen LogP contribution in [0.3, 0.4) is 0 Å². The summed E-state index contributed by atoms with van der Waals surface area (Å²) in [5, 5.41) is 2.41. The predicted molar refractivity (Wildman–Crippen MR) is 107 cm³/mol. The first-order valence-corrected chi connectivity index (χ1v) is 9.98. The van der Waals surface area contributed by atoms with E-state index in [9.17, 15) is 14.0 Å². The van der Waals surface area contributed by atoms with Crippen LogP contribution < -0.4 is 4.90 Å². The Morgan fingerprint density at radius 3 is 2.33 bits per heavy atom. The number of nitrogens with zero attached hydrogens (tertiary/aromatic N) is 1. The van der Waals surface area contributed by atoms with Crippen LogP contribution in [-0.2, 0) is 9.59 Å². The van der Waals surface area contributed by atoms with Crippen molar-refractivity contribution in [1.29, 1.82) is 0 Å². The molecule has 0 N–H and O–H groups in total. The summed E-state index contributed by atoms with van der Waals surface area (Å²) in [4.78, 5) is 28.8. The highest BCUT2D eigenvalue weighted by atomic mass is 35.5. The normalized spacial score (nSPS) is 14.4. The molecule has 0 saturated carbocycles. The summed E-state index contributed by atoms with van der Waals surface area (Å²) < 4.78 is 14.3. The van der Waals surface area contributed by atoms with Crippen LogP contribution in [0.2, 0.25) is 5.02 Å². The first-order chi connectivity index (χ1) is 13.1. The number of anilines is 1. The van der Waals surface area contributed by atoms with Crippen LogP contribution in [0.25, 0.3) is 5.57 Å². The number of carbonyl (C=O) groups is 2. The highest BCUT2D eigenvalue weighted by molar-refractivity contribution is 8.04. The Balaban J connectivity index is 1.81. The minimum Gasteiger partial charge on any atom is -0.268 e. The SMILES string of the molecule is O=C1C(Sc2ccc(Cl)cc2)=C(c2cccs2)C(=O)N1c1ccccc1F. The molecule has 1 aliphatic heterocycles. The number of amides is 2. The van der Waals surface area contributed by atoms with Crippen molar-refractivity contribution in [2.24, 2.45) is 0 Å². The maximum absolute atomic E-state index is 14.3. The van der Waals surface area contributed by atoms with Gasteiger partial charge < -0.3 is 0 Å². The van der Waals surface area contributed by atoms with Gasteiger partial charge in [0.2, 0.25) is 0 Å². The van der Waals surface area contributed by atoms with E-state index in [4.69, 9.17) is 11.6 Å². The monoisotopic (exact) mass is 415 g/mol. The highest BCUT2D eigenvalue weighted by Gasteiger charge is 2.41. The lowest BCUT2D eigenvalue weighted by Gasteiger charge is -2.15. The van der Waals surface area contributed by atoms with Gasteiger partial charge in [-0.3, -0.25) is 9.59 Å². The molecule has 1 aromatic heterocycles. The fourth-order valence-electron chi connectivity index (χ4n) is 2.71. The Morgan fingerprint density at radius 2 is 1.67 bits per heavy atom. The molecule has 3 aromatic rings. The highest BCUT2D eigenvalue weighted by Crippen LogP contribution is 2.43. The summed E-state index contributed by atoms with van der Waals surface area (Å²) in [6.07, 6.45) is 0. The number of imide groups is 1. The Bertz CT molecular complexity index is 1060. The Kier molecular flexibility index (Phi) is 4.86. The number of carbonyl (C=O) groups excluding carboxylic acids is 2. The van der Waals surface area contributed by atoms with E-state index in [1.165, 1.54) is 41.3 Å². The third-order valence-corrected chi connectivity index (χ3v) is 6.17. The molecule has 4 rings (SSSR count). The van der Waals surface area contributed by atoms with Crippen molar-refractivity contribution in [2.45, 2.75) is 4.90 Å². The van der Waals surface area contributed by atoms with E-state index in [0.717, 1.165) is 9.80 Å². The van der Waals surface area contributed by atoms with Gasteiger partial charge in [-0.25, -0.2) is 9.29 Å². The molecule has 2 aromatic carbocycles. The minimum atomic E-state index is -0.623. The van der Waals surface area contributed by atoms with Crippen molar-refractivity contribution in [3.63, 3.8) is 0 Å². The molecule has 134 valence electrons. The van der Waals surface area contributed by atoms with Crippen LogP contribution in [0.1, 0.15) is 4.88 Å². The van der Waals surface area contributed by atoms with Crippen molar-refractivity contribution in [1.82, 2.24) is 0 Å². The van der Waals surface area contributed by atoms with Gasteiger partial charge in [-0.2, -0.15) is 0 Å². The van der Waals surface area contributed by atoms with Gasteiger partial charge in [-0.05, 0) is 47.8 Å². The van der Waals surface area contributed by atoms with E-state index in [0.29, 0.717) is 15.5 Å². The Hall–Kier alpha value is -2.41. The molecular formula is C20H11ClFNO2S2. The lowest BCUT2D eigenvalue weighted by molar-refractivity contribution is -0.119. The van der Waals surface area contributed by atoms with Crippen molar-refractivity contribution in [3.8, 4) is 0 Å². The van der Waals surface area contributed by atoms with Gasteiger partial charge in [0, 0.05) is 14.8 Å². The van der Waals surface area contributed by atoms with Crippen molar-refractivity contribution >= 4 is 57.8 Å². The lowest BCUT2D eigenvalue weighted by atomic mass is 10.2. The molecule has 3 nitrogen and oxygen atoms in total. The van der Waals surface area contributed by atoms with Crippen LogP contribution in [0.5, 0.6) is 0 Å². The van der Waals surface area contributed by atoms with Crippen LogP contribution in [-0.4, -0.2) is 11.8 Å². The fourth-order valence-corrected chi connectivity index (χ4v) is 4.66. The molecule has 27 heavy (non-hydrogen) atoms. The molecule has 0 aliphatic carbocycles. The molecule has 0 bridgehead atoms. The standard InChI is InChI=1S/C20H11ClFNO2S2/c21-12-7-9-13(10-8-12)27-18-17(16-6-3-11-26-16)19(24)23(20(18)25)15-5-2-1-4-14(15)22/h1-11H. The Morgan fingerprint density at radius 1 is 0.926 bits per heavy atom. The number of para-hydroxylation sites is 1. The summed E-state index contributed by atoms with van der Waals surface area (Å²) in [5.41, 5.74) is 0.242. The number of thioether (sulfide) groups is 1. The summed E-state index contributed by atoms with van der Waals surface area (Å²) >= 11 is 8.45. The number of hydrogen-bond acceptors (Lipinski definition) is 4. The first-order valence-electron chi connectivity index (χ1n) is 7.91. The molecule has 0 unspecified atom stereocenters. The van der Waals surface area contributed by atoms with Gasteiger partial charge in [0.05, 0.1) is 16.2 Å². The van der Waals surface area contributed by atoms with Crippen LogP contribution in [0.4, 0.5) is 10.1 Å². The molecule has 0 spiro atoms. The first kappa shape index (κ1) is 18.0. The van der Waals surface area contributed by atoms with Gasteiger partial charge in [0.1, 0.15) is 5.82 Å². The van der Waals surface area contributed by atoms with E-state index >= 15 is 0 Å². The average Bonchev–Trinajstić information content (AvgIpc) is 3.25. The van der Waals surface area contributed by atoms with E-state index in [2.05, 4.69) is 0 Å². The third kappa shape index (κ3) is 3.32. The number of hydrogen-bond donors (Lipinski definition) is 0.